The number of carbonyl (C=O) groups excluding carboxylic acids is 1. The summed E-state index contributed by atoms with van der Waals surface area (Å²) in [4.78, 5) is 22.2. The molecular formula is C14H18O4S. The highest BCUT2D eigenvalue weighted by molar-refractivity contribution is 7.85. The molecule has 5 heteroatoms. The number of ketones is 1. The molecule has 0 aromatic heterocycles. The number of hydrogen-bond acceptors (Lipinski definition) is 3. The van der Waals surface area contributed by atoms with Gasteiger partial charge < -0.3 is 5.11 Å². The van der Waals surface area contributed by atoms with Crippen LogP contribution in [0.2, 0.25) is 0 Å². The van der Waals surface area contributed by atoms with Crippen LogP contribution in [0.5, 0.6) is 0 Å². The normalized spacial score (nSPS) is 12.1. The molecule has 0 amide bonds. The van der Waals surface area contributed by atoms with E-state index in [4.69, 9.17) is 5.11 Å². The van der Waals surface area contributed by atoms with Crippen molar-refractivity contribution < 1.29 is 18.9 Å². The third-order valence-corrected chi connectivity index (χ3v) is 4.21. The number of rotatable bonds is 7. The molecule has 0 aliphatic heterocycles. The van der Waals surface area contributed by atoms with Crippen molar-refractivity contribution in [2.45, 2.75) is 26.7 Å². The van der Waals surface area contributed by atoms with Crippen molar-refractivity contribution in [1.29, 1.82) is 0 Å². The summed E-state index contributed by atoms with van der Waals surface area (Å²) in [6.45, 7) is 3.89. The minimum atomic E-state index is -1.29. The molecule has 104 valence electrons. The number of Topliss-reactive ketones (excluding diaryl/α,β-unsaturated/α-hetero) is 1. The van der Waals surface area contributed by atoms with Crippen LogP contribution < -0.4 is 0 Å². The van der Waals surface area contributed by atoms with Gasteiger partial charge in [0.25, 0.3) is 0 Å². The topological polar surface area (TPSA) is 71.4 Å². The third-order valence-electron chi connectivity index (χ3n) is 2.88. The Labute approximate surface area is 115 Å². The Morgan fingerprint density at radius 1 is 1.21 bits per heavy atom. The van der Waals surface area contributed by atoms with Crippen molar-refractivity contribution in [3.63, 3.8) is 0 Å². The van der Waals surface area contributed by atoms with Crippen LogP contribution in [0.25, 0.3) is 0 Å². The number of carbonyl (C=O) groups is 2. The van der Waals surface area contributed by atoms with Gasteiger partial charge in [-0.25, -0.2) is 0 Å². The minimum Gasteiger partial charge on any atom is -0.481 e. The second kappa shape index (κ2) is 7.19. The van der Waals surface area contributed by atoms with E-state index in [-0.39, 0.29) is 23.7 Å². The first-order valence-corrected chi connectivity index (χ1v) is 7.56. The van der Waals surface area contributed by atoms with Gasteiger partial charge >= 0.3 is 5.97 Å². The standard InChI is InChI=1S/C14H18O4S/c1-10-5-6-12(8-11(10)2)13(15)9-19(18)7-3-4-14(16)17/h5-6,8H,3-4,7,9H2,1-2H3,(H,16,17). The van der Waals surface area contributed by atoms with E-state index in [0.717, 1.165) is 11.1 Å². The van der Waals surface area contributed by atoms with Gasteiger partial charge in [0, 0.05) is 28.5 Å². The summed E-state index contributed by atoms with van der Waals surface area (Å²) in [7, 11) is -1.29. The van der Waals surface area contributed by atoms with Crippen LogP contribution in [0, 0.1) is 13.8 Å². The average Bonchev–Trinajstić information content (AvgIpc) is 2.32. The van der Waals surface area contributed by atoms with Crippen molar-refractivity contribution in [3.8, 4) is 0 Å². The molecule has 0 radical (unpaired) electrons. The predicted molar refractivity (Wildman–Crippen MR) is 75.0 cm³/mol. The van der Waals surface area contributed by atoms with Crippen LogP contribution in [0.1, 0.15) is 34.3 Å². The van der Waals surface area contributed by atoms with Crippen LogP contribution in [-0.2, 0) is 15.6 Å². The summed E-state index contributed by atoms with van der Waals surface area (Å²) in [6, 6.07) is 5.40. The van der Waals surface area contributed by atoms with E-state index in [9.17, 15) is 13.8 Å². The fraction of sp³-hybridized carbons (Fsp3) is 0.429. The zero-order chi connectivity index (χ0) is 14.4. The Kier molecular flexibility index (Phi) is 5.89. The van der Waals surface area contributed by atoms with Crippen LogP contribution in [0.15, 0.2) is 18.2 Å². The number of carboxylic acids is 1. The van der Waals surface area contributed by atoms with E-state index in [0.29, 0.717) is 12.0 Å². The molecule has 0 spiro atoms. The molecule has 1 aromatic rings. The molecule has 1 rings (SSSR count). The van der Waals surface area contributed by atoms with E-state index < -0.39 is 16.8 Å². The van der Waals surface area contributed by atoms with E-state index in [1.807, 2.05) is 19.9 Å². The van der Waals surface area contributed by atoms with E-state index in [1.165, 1.54) is 0 Å². The molecule has 0 saturated heterocycles. The van der Waals surface area contributed by atoms with Crippen LogP contribution in [-0.4, -0.2) is 32.6 Å². The molecule has 1 unspecified atom stereocenters. The monoisotopic (exact) mass is 282 g/mol. The SMILES string of the molecule is Cc1ccc(C(=O)CS(=O)CCCC(=O)O)cc1C. The lowest BCUT2D eigenvalue weighted by molar-refractivity contribution is -0.137. The summed E-state index contributed by atoms with van der Waals surface area (Å²) in [6.07, 6.45) is 0.325. The Morgan fingerprint density at radius 2 is 1.89 bits per heavy atom. The lowest BCUT2D eigenvalue weighted by Crippen LogP contribution is -2.14. The number of aryl methyl sites for hydroxylation is 2. The van der Waals surface area contributed by atoms with Gasteiger partial charge in [-0.1, -0.05) is 12.1 Å². The first-order chi connectivity index (χ1) is 8.90. The largest absolute Gasteiger partial charge is 0.481 e. The molecular weight excluding hydrogens is 264 g/mol. The number of carboxylic acid groups (broad SMARTS) is 1. The van der Waals surface area contributed by atoms with Crippen LogP contribution >= 0.6 is 0 Å². The van der Waals surface area contributed by atoms with Crippen molar-refractivity contribution in [2.75, 3.05) is 11.5 Å². The zero-order valence-corrected chi connectivity index (χ0v) is 12.0. The summed E-state index contributed by atoms with van der Waals surface area (Å²) in [5.74, 6) is -0.848. The lowest BCUT2D eigenvalue weighted by Gasteiger charge is -2.04. The molecule has 0 aliphatic rings. The maximum atomic E-state index is 11.9. The Balaban J connectivity index is 2.52. The first kappa shape index (κ1) is 15.6. The number of benzene rings is 1. The summed E-state index contributed by atoms with van der Waals surface area (Å²) < 4.78 is 11.7. The third kappa shape index (κ3) is 5.34. The molecule has 4 nitrogen and oxygen atoms in total. The van der Waals surface area contributed by atoms with Gasteiger partial charge in [0.2, 0.25) is 0 Å². The van der Waals surface area contributed by atoms with Crippen molar-refractivity contribution in [3.05, 3.63) is 34.9 Å². The predicted octanol–water partition coefficient (Wildman–Crippen LogP) is 2.10. The molecule has 19 heavy (non-hydrogen) atoms. The Morgan fingerprint density at radius 3 is 2.47 bits per heavy atom. The highest BCUT2D eigenvalue weighted by Gasteiger charge is 2.11. The van der Waals surface area contributed by atoms with Gasteiger partial charge in [-0.3, -0.25) is 13.8 Å². The second-order valence-corrected chi connectivity index (χ2v) is 6.08. The molecule has 1 N–H and O–H groups in total. The minimum absolute atomic E-state index is 0.0103. The molecule has 1 aromatic carbocycles. The maximum absolute atomic E-state index is 11.9. The molecule has 0 heterocycles. The molecule has 0 fully saturated rings. The molecule has 1 atom stereocenters. The van der Waals surface area contributed by atoms with Gasteiger partial charge in [-0.15, -0.1) is 0 Å². The molecule has 0 saturated carbocycles. The highest BCUT2D eigenvalue weighted by Crippen LogP contribution is 2.11. The number of aliphatic carboxylic acids is 1. The fourth-order valence-corrected chi connectivity index (χ4v) is 2.67. The fourth-order valence-electron chi connectivity index (χ4n) is 1.60. The van der Waals surface area contributed by atoms with Gasteiger partial charge in [0.1, 0.15) is 0 Å². The van der Waals surface area contributed by atoms with E-state index in [1.54, 1.807) is 12.1 Å². The highest BCUT2D eigenvalue weighted by atomic mass is 32.2. The van der Waals surface area contributed by atoms with Gasteiger partial charge in [0.15, 0.2) is 5.78 Å². The molecule has 0 bridgehead atoms. The van der Waals surface area contributed by atoms with Gasteiger partial charge in [-0.2, -0.15) is 0 Å². The van der Waals surface area contributed by atoms with Crippen LogP contribution in [0.4, 0.5) is 0 Å². The van der Waals surface area contributed by atoms with Gasteiger partial charge in [-0.05, 0) is 37.5 Å². The summed E-state index contributed by atoms with van der Waals surface area (Å²) in [5.41, 5.74) is 2.70. The average molecular weight is 282 g/mol. The van der Waals surface area contributed by atoms with Crippen molar-refractivity contribution in [2.24, 2.45) is 0 Å². The first-order valence-electron chi connectivity index (χ1n) is 6.07. The molecule has 0 aliphatic carbocycles. The van der Waals surface area contributed by atoms with E-state index in [2.05, 4.69) is 0 Å². The lowest BCUT2D eigenvalue weighted by atomic mass is 10.0. The zero-order valence-electron chi connectivity index (χ0n) is 11.1. The quantitative estimate of drug-likeness (QED) is 0.777. The van der Waals surface area contributed by atoms with E-state index >= 15 is 0 Å². The summed E-state index contributed by atoms with van der Waals surface area (Å²) >= 11 is 0. The second-order valence-electron chi connectivity index (χ2n) is 4.51. The Hall–Kier alpha value is -1.49. The maximum Gasteiger partial charge on any atom is 0.303 e. The van der Waals surface area contributed by atoms with Gasteiger partial charge in [0.05, 0.1) is 5.75 Å². The number of hydrogen-bond donors (Lipinski definition) is 1. The van der Waals surface area contributed by atoms with Crippen molar-refractivity contribution in [1.82, 2.24) is 0 Å². The summed E-state index contributed by atoms with van der Waals surface area (Å²) in [5, 5.41) is 8.48. The smallest absolute Gasteiger partial charge is 0.303 e. The van der Waals surface area contributed by atoms with Crippen LogP contribution in [0.3, 0.4) is 0 Å². The Bertz CT molecular complexity index is 508. The van der Waals surface area contributed by atoms with Crippen molar-refractivity contribution >= 4 is 22.6 Å².